The van der Waals surface area contributed by atoms with Crippen molar-refractivity contribution in [3.05, 3.63) is 28.2 Å². The van der Waals surface area contributed by atoms with Crippen LogP contribution in [-0.2, 0) is 4.74 Å². The molecule has 0 aliphatic heterocycles. The molecule has 1 aliphatic carbocycles. The van der Waals surface area contributed by atoms with Crippen molar-refractivity contribution in [2.45, 2.75) is 38.2 Å². The standard InChI is InChI=1S/C15H21BrN2O2/c16-12-8-11(9-13(17)10-12)15(19)18-6-7-20-14-4-2-1-3-5-14/h8-10,14H,1-7,17H2,(H,18,19). The molecule has 5 heteroatoms. The van der Waals surface area contributed by atoms with Gasteiger partial charge in [0.15, 0.2) is 0 Å². The number of carbonyl (C=O) groups is 1. The Morgan fingerprint density at radius 2 is 2.05 bits per heavy atom. The van der Waals surface area contributed by atoms with Gasteiger partial charge in [-0.15, -0.1) is 0 Å². The fraction of sp³-hybridized carbons (Fsp3) is 0.533. The van der Waals surface area contributed by atoms with Crippen molar-refractivity contribution in [2.75, 3.05) is 18.9 Å². The second kappa shape index (κ2) is 7.64. The van der Waals surface area contributed by atoms with Gasteiger partial charge in [-0.1, -0.05) is 35.2 Å². The van der Waals surface area contributed by atoms with Gasteiger partial charge in [-0.2, -0.15) is 0 Å². The van der Waals surface area contributed by atoms with E-state index in [-0.39, 0.29) is 5.91 Å². The zero-order chi connectivity index (χ0) is 14.4. The fourth-order valence-electron chi connectivity index (χ4n) is 2.47. The van der Waals surface area contributed by atoms with E-state index in [0.29, 0.717) is 30.5 Å². The minimum atomic E-state index is -0.120. The summed E-state index contributed by atoms with van der Waals surface area (Å²) in [5.74, 6) is -0.120. The highest BCUT2D eigenvalue weighted by Gasteiger charge is 2.13. The first kappa shape index (κ1) is 15.3. The Hall–Kier alpha value is -1.07. The predicted molar refractivity (Wildman–Crippen MR) is 83.7 cm³/mol. The fourth-order valence-corrected chi connectivity index (χ4v) is 2.98. The molecule has 0 saturated heterocycles. The molecule has 0 spiro atoms. The van der Waals surface area contributed by atoms with Crippen molar-refractivity contribution in [1.82, 2.24) is 5.32 Å². The summed E-state index contributed by atoms with van der Waals surface area (Å²) in [6.07, 6.45) is 6.51. The molecule has 1 aromatic rings. The molecule has 0 bridgehead atoms. The molecule has 20 heavy (non-hydrogen) atoms. The van der Waals surface area contributed by atoms with Crippen LogP contribution in [-0.4, -0.2) is 25.2 Å². The second-order valence-corrected chi connectivity index (χ2v) is 6.08. The van der Waals surface area contributed by atoms with Crippen LogP contribution in [0.4, 0.5) is 5.69 Å². The van der Waals surface area contributed by atoms with Crippen LogP contribution in [0.2, 0.25) is 0 Å². The number of benzene rings is 1. The maximum absolute atomic E-state index is 12.0. The molecule has 1 fully saturated rings. The Labute approximate surface area is 128 Å². The third kappa shape index (κ3) is 4.80. The van der Waals surface area contributed by atoms with E-state index in [4.69, 9.17) is 10.5 Å². The van der Waals surface area contributed by atoms with Crippen LogP contribution in [0.5, 0.6) is 0 Å². The van der Waals surface area contributed by atoms with Crippen LogP contribution < -0.4 is 11.1 Å². The average Bonchev–Trinajstić information content (AvgIpc) is 2.43. The summed E-state index contributed by atoms with van der Waals surface area (Å²) in [5, 5.41) is 2.85. The molecule has 0 aromatic heterocycles. The van der Waals surface area contributed by atoms with Crippen LogP contribution in [0.15, 0.2) is 22.7 Å². The van der Waals surface area contributed by atoms with E-state index in [1.807, 2.05) is 0 Å². The first-order valence-electron chi connectivity index (χ1n) is 7.11. The quantitative estimate of drug-likeness (QED) is 0.639. The van der Waals surface area contributed by atoms with E-state index in [1.165, 1.54) is 19.3 Å². The Balaban J connectivity index is 1.71. The molecule has 0 radical (unpaired) electrons. The molecule has 1 saturated carbocycles. The first-order chi connectivity index (χ1) is 9.65. The van der Waals surface area contributed by atoms with Gasteiger partial charge in [0.25, 0.3) is 5.91 Å². The number of rotatable bonds is 5. The minimum absolute atomic E-state index is 0.120. The summed E-state index contributed by atoms with van der Waals surface area (Å²) >= 11 is 3.33. The van der Waals surface area contributed by atoms with Crippen molar-refractivity contribution in [3.8, 4) is 0 Å². The molecule has 110 valence electrons. The normalized spacial score (nSPS) is 16.1. The number of nitrogens with two attached hydrogens (primary N) is 1. The minimum Gasteiger partial charge on any atom is -0.399 e. The van der Waals surface area contributed by atoms with E-state index in [1.54, 1.807) is 18.2 Å². The number of halogens is 1. The van der Waals surface area contributed by atoms with Gasteiger partial charge < -0.3 is 15.8 Å². The summed E-state index contributed by atoms with van der Waals surface area (Å²) in [6, 6.07) is 5.19. The van der Waals surface area contributed by atoms with Crippen LogP contribution in [0.25, 0.3) is 0 Å². The number of anilines is 1. The van der Waals surface area contributed by atoms with Gasteiger partial charge in [-0.3, -0.25) is 4.79 Å². The largest absolute Gasteiger partial charge is 0.399 e. The summed E-state index contributed by atoms with van der Waals surface area (Å²) in [5.41, 5.74) is 6.85. The SMILES string of the molecule is Nc1cc(Br)cc(C(=O)NCCOC2CCCCC2)c1. The Morgan fingerprint density at radius 1 is 1.30 bits per heavy atom. The Kier molecular flexibility index (Phi) is 5.86. The molecule has 3 N–H and O–H groups in total. The maximum Gasteiger partial charge on any atom is 0.251 e. The highest BCUT2D eigenvalue weighted by Crippen LogP contribution is 2.20. The maximum atomic E-state index is 12.0. The van der Waals surface area contributed by atoms with E-state index in [2.05, 4.69) is 21.2 Å². The van der Waals surface area contributed by atoms with E-state index < -0.39 is 0 Å². The molecular formula is C15H21BrN2O2. The van der Waals surface area contributed by atoms with Crippen LogP contribution >= 0.6 is 15.9 Å². The first-order valence-corrected chi connectivity index (χ1v) is 7.90. The summed E-state index contributed by atoms with van der Waals surface area (Å²) < 4.78 is 6.57. The predicted octanol–water partition coefficient (Wildman–Crippen LogP) is 3.11. The molecule has 1 aromatic carbocycles. The third-order valence-electron chi connectivity index (χ3n) is 3.48. The van der Waals surface area contributed by atoms with Gasteiger partial charge in [0.2, 0.25) is 0 Å². The molecule has 1 aliphatic rings. The van der Waals surface area contributed by atoms with Gasteiger partial charge in [0, 0.05) is 22.3 Å². The number of ether oxygens (including phenoxy) is 1. The number of nitrogens with one attached hydrogen (secondary N) is 1. The topological polar surface area (TPSA) is 64.4 Å². The third-order valence-corrected chi connectivity index (χ3v) is 3.93. The molecule has 4 nitrogen and oxygen atoms in total. The van der Waals surface area contributed by atoms with Crippen molar-refractivity contribution >= 4 is 27.5 Å². The smallest absolute Gasteiger partial charge is 0.251 e. The lowest BCUT2D eigenvalue weighted by molar-refractivity contribution is 0.0299. The van der Waals surface area contributed by atoms with Crippen molar-refractivity contribution in [1.29, 1.82) is 0 Å². The molecule has 0 atom stereocenters. The monoisotopic (exact) mass is 340 g/mol. The molecule has 1 amide bonds. The number of carbonyl (C=O) groups excluding carboxylic acids is 1. The van der Waals surface area contributed by atoms with Crippen molar-refractivity contribution in [3.63, 3.8) is 0 Å². The van der Waals surface area contributed by atoms with E-state index in [9.17, 15) is 4.79 Å². The van der Waals surface area contributed by atoms with E-state index in [0.717, 1.165) is 17.3 Å². The average molecular weight is 341 g/mol. The number of amides is 1. The van der Waals surface area contributed by atoms with Gasteiger partial charge in [-0.25, -0.2) is 0 Å². The molecule has 2 rings (SSSR count). The lowest BCUT2D eigenvalue weighted by atomic mass is 9.98. The van der Waals surface area contributed by atoms with Gasteiger partial charge in [0.1, 0.15) is 0 Å². The lowest BCUT2D eigenvalue weighted by Gasteiger charge is -2.22. The lowest BCUT2D eigenvalue weighted by Crippen LogP contribution is -2.29. The summed E-state index contributed by atoms with van der Waals surface area (Å²) in [7, 11) is 0. The van der Waals surface area contributed by atoms with Crippen molar-refractivity contribution < 1.29 is 9.53 Å². The zero-order valence-corrected chi connectivity index (χ0v) is 13.1. The number of nitrogen functional groups attached to an aromatic ring is 1. The molecule has 0 unspecified atom stereocenters. The highest BCUT2D eigenvalue weighted by molar-refractivity contribution is 9.10. The Bertz CT molecular complexity index is 439. The number of hydrogen-bond acceptors (Lipinski definition) is 3. The highest BCUT2D eigenvalue weighted by atomic mass is 79.9. The summed E-state index contributed by atoms with van der Waals surface area (Å²) in [4.78, 5) is 12.0. The van der Waals surface area contributed by atoms with Gasteiger partial charge in [-0.05, 0) is 31.0 Å². The second-order valence-electron chi connectivity index (χ2n) is 5.16. The van der Waals surface area contributed by atoms with E-state index >= 15 is 0 Å². The zero-order valence-electron chi connectivity index (χ0n) is 11.5. The van der Waals surface area contributed by atoms with Crippen molar-refractivity contribution in [2.24, 2.45) is 0 Å². The molecular weight excluding hydrogens is 320 g/mol. The molecule has 0 heterocycles. The van der Waals surface area contributed by atoms with Gasteiger partial charge in [0.05, 0.1) is 12.7 Å². The van der Waals surface area contributed by atoms with Gasteiger partial charge >= 0.3 is 0 Å². The Morgan fingerprint density at radius 3 is 2.75 bits per heavy atom. The van der Waals surface area contributed by atoms with Crippen LogP contribution in [0.1, 0.15) is 42.5 Å². The number of hydrogen-bond donors (Lipinski definition) is 2. The van der Waals surface area contributed by atoms with Crippen LogP contribution in [0, 0.1) is 0 Å². The summed E-state index contributed by atoms with van der Waals surface area (Å²) in [6.45, 7) is 1.10. The van der Waals surface area contributed by atoms with Crippen LogP contribution in [0.3, 0.4) is 0 Å².